The minimum Gasteiger partial charge on any atom is -0.481 e. The monoisotopic (exact) mass is 602 g/mol. The minimum atomic E-state index is -4.51. The summed E-state index contributed by atoms with van der Waals surface area (Å²) in [6.45, 7) is 6.10. The summed E-state index contributed by atoms with van der Waals surface area (Å²) in [6, 6.07) is 16.7. The van der Waals surface area contributed by atoms with Crippen molar-refractivity contribution in [3.8, 4) is 5.75 Å². The van der Waals surface area contributed by atoms with E-state index in [1.165, 1.54) is 6.07 Å². The van der Waals surface area contributed by atoms with Crippen molar-refractivity contribution in [2.24, 2.45) is 0 Å². The van der Waals surface area contributed by atoms with Gasteiger partial charge in [0.2, 0.25) is 5.91 Å². The van der Waals surface area contributed by atoms with Crippen LogP contribution in [0.4, 0.5) is 23.2 Å². The molecule has 3 N–H and O–H groups in total. The maximum atomic E-state index is 14.3. The Labute approximate surface area is 245 Å². The van der Waals surface area contributed by atoms with Crippen LogP contribution in [0.25, 0.3) is 0 Å². The number of ether oxygens (including phenoxy) is 2. The van der Waals surface area contributed by atoms with Gasteiger partial charge in [0.15, 0.2) is 0 Å². The molecule has 0 radical (unpaired) electrons. The molecule has 0 saturated heterocycles. The molecule has 3 aromatic carbocycles. The van der Waals surface area contributed by atoms with Crippen molar-refractivity contribution < 1.29 is 46.5 Å². The van der Waals surface area contributed by atoms with Crippen molar-refractivity contribution in [1.82, 2.24) is 5.32 Å². The molecule has 2 amide bonds. The number of carbonyl (C=O) groups is 3. The topological polar surface area (TPSA) is 114 Å². The number of fused-ring (bicyclic) bond motifs is 1. The minimum absolute atomic E-state index is 0.0297. The second kappa shape index (κ2) is 12.0. The fourth-order valence-electron chi connectivity index (χ4n) is 4.50. The molecular weight excluding hydrogens is 572 g/mol. The predicted octanol–water partition coefficient (Wildman–Crippen LogP) is 6.16. The van der Waals surface area contributed by atoms with Crippen LogP contribution in [0.1, 0.15) is 65.7 Å². The zero-order chi connectivity index (χ0) is 31.6. The van der Waals surface area contributed by atoms with Gasteiger partial charge in [0, 0.05) is 17.8 Å². The van der Waals surface area contributed by atoms with Gasteiger partial charge in [-0.2, -0.15) is 8.78 Å². The Balaban J connectivity index is 1.58. The molecule has 1 aliphatic rings. The summed E-state index contributed by atoms with van der Waals surface area (Å²) in [5.74, 6) is -3.62. The van der Waals surface area contributed by atoms with Gasteiger partial charge in [0.05, 0.1) is 17.9 Å². The van der Waals surface area contributed by atoms with Crippen LogP contribution in [0.5, 0.6) is 5.75 Å². The van der Waals surface area contributed by atoms with Crippen molar-refractivity contribution in [3.05, 3.63) is 94.5 Å². The van der Waals surface area contributed by atoms with Crippen LogP contribution in [0.2, 0.25) is 0 Å². The first-order valence-electron chi connectivity index (χ1n) is 13.3. The number of nitrogens with one attached hydrogen (secondary N) is 2. The number of hydrogen-bond acceptors (Lipinski definition) is 5. The van der Waals surface area contributed by atoms with Crippen LogP contribution < -0.4 is 15.4 Å². The van der Waals surface area contributed by atoms with Crippen LogP contribution in [0.15, 0.2) is 66.7 Å². The summed E-state index contributed by atoms with van der Waals surface area (Å²) in [7, 11) is 0. The van der Waals surface area contributed by atoms with Crippen LogP contribution >= 0.6 is 0 Å². The van der Waals surface area contributed by atoms with E-state index in [4.69, 9.17) is 5.11 Å². The number of alkyl halides is 4. The van der Waals surface area contributed by atoms with Crippen LogP contribution in [-0.2, 0) is 32.3 Å². The van der Waals surface area contributed by atoms with Gasteiger partial charge in [-0.05, 0) is 58.9 Å². The number of benzene rings is 3. The number of aliphatic carboxylic acids is 1. The Morgan fingerprint density at radius 2 is 1.58 bits per heavy atom. The lowest BCUT2D eigenvalue weighted by Gasteiger charge is -2.30. The van der Waals surface area contributed by atoms with Crippen molar-refractivity contribution in [2.75, 3.05) is 11.9 Å². The van der Waals surface area contributed by atoms with Crippen molar-refractivity contribution in [1.29, 1.82) is 0 Å². The number of rotatable bonds is 9. The quantitative estimate of drug-likeness (QED) is 0.253. The highest BCUT2D eigenvalue weighted by Gasteiger charge is 2.54. The molecule has 0 bridgehead atoms. The number of amides is 2. The molecule has 0 spiro atoms. The summed E-state index contributed by atoms with van der Waals surface area (Å²) in [6.07, 6.45) is -8.92. The molecule has 0 saturated carbocycles. The molecule has 0 fully saturated rings. The zero-order valence-electron chi connectivity index (χ0n) is 23.5. The molecule has 1 aliphatic heterocycles. The number of carboxylic acids is 1. The predicted molar refractivity (Wildman–Crippen MR) is 148 cm³/mol. The SMILES string of the molecule is CC(C)(C)c1ccc(C(Cc2ccc(C(=O)NCCC(=O)O)cc2)C(=O)Nc2ccc3c(c2)C(F)(F)OC(F)(F)O3)cc1. The highest BCUT2D eigenvalue weighted by molar-refractivity contribution is 5.96. The smallest absolute Gasteiger partial charge is 0.481 e. The first-order chi connectivity index (χ1) is 20.0. The van der Waals surface area contributed by atoms with Gasteiger partial charge in [-0.25, -0.2) is 4.74 Å². The Morgan fingerprint density at radius 1 is 0.930 bits per heavy atom. The fraction of sp³-hybridized carbons (Fsp3) is 0.323. The Bertz CT molecular complexity index is 1500. The molecule has 12 heteroatoms. The third-order valence-electron chi connectivity index (χ3n) is 6.81. The second-order valence-electron chi connectivity index (χ2n) is 11.1. The van der Waals surface area contributed by atoms with Crippen molar-refractivity contribution in [2.45, 2.75) is 57.3 Å². The lowest BCUT2D eigenvalue weighted by molar-refractivity contribution is -0.461. The summed E-state index contributed by atoms with van der Waals surface area (Å²) in [5, 5.41) is 13.8. The molecule has 1 heterocycles. The van der Waals surface area contributed by atoms with Gasteiger partial charge in [0.1, 0.15) is 5.75 Å². The number of anilines is 1. The van der Waals surface area contributed by atoms with Gasteiger partial charge in [-0.3, -0.25) is 14.4 Å². The molecule has 1 unspecified atom stereocenters. The van der Waals surface area contributed by atoms with Crippen LogP contribution in [-0.4, -0.2) is 35.7 Å². The molecule has 4 rings (SSSR count). The molecule has 1 atom stereocenters. The zero-order valence-corrected chi connectivity index (χ0v) is 23.5. The largest absolute Gasteiger partial charge is 0.540 e. The average molecular weight is 603 g/mol. The Hall–Kier alpha value is -4.45. The first kappa shape index (κ1) is 31.5. The summed E-state index contributed by atoms with van der Waals surface area (Å²) in [5.41, 5.74) is 1.47. The van der Waals surface area contributed by atoms with Gasteiger partial charge in [0.25, 0.3) is 5.91 Å². The van der Waals surface area contributed by atoms with Gasteiger partial charge in [-0.1, -0.05) is 57.2 Å². The van der Waals surface area contributed by atoms with Gasteiger partial charge in [-0.15, -0.1) is 8.78 Å². The molecule has 43 heavy (non-hydrogen) atoms. The number of halogens is 4. The molecule has 3 aromatic rings. The summed E-state index contributed by atoms with van der Waals surface area (Å²) >= 11 is 0. The normalized spacial score (nSPS) is 15.9. The molecule has 0 aliphatic carbocycles. The van der Waals surface area contributed by atoms with Gasteiger partial charge < -0.3 is 20.5 Å². The van der Waals surface area contributed by atoms with E-state index in [9.17, 15) is 31.9 Å². The molecular formula is C31H30F4N2O6. The van der Waals surface area contributed by atoms with E-state index in [1.807, 2.05) is 32.9 Å². The second-order valence-corrected chi connectivity index (χ2v) is 11.1. The first-order valence-corrected chi connectivity index (χ1v) is 13.3. The number of carbonyl (C=O) groups excluding carboxylic acids is 2. The van der Waals surface area contributed by atoms with E-state index in [2.05, 4.69) is 20.1 Å². The van der Waals surface area contributed by atoms with E-state index < -0.39 is 47.4 Å². The highest BCUT2D eigenvalue weighted by atomic mass is 19.3. The highest BCUT2D eigenvalue weighted by Crippen LogP contribution is 2.47. The van der Waals surface area contributed by atoms with E-state index in [1.54, 1.807) is 36.4 Å². The maximum Gasteiger partial charge on any atom is 0.540 e. The third kappa shape index (κ3) is 7.89. The number of carboxylic acid groups (broad SMARTS) is 1. The summed E-state index contributed by atoms with van der Waals surface area (Å²) in [4.78, 5) is 36.6. The van der Waals surface area contributed by atoms with E-state index in [0.29, 0.717) is 16.7 Å². The standard InChI is InChI=1S/C31H30F4N2O6/c1-29(2,3)21-10-8-19(9-11-21)23(16-18-4-6-20(7-5-18)27(40)36-15-14-26(38)39)28(41)37-22-12-13-25-24(17-22)30(32,33)43-31(34,35)42-25/h4-13,17,23H,14-16H2,1-3H3,(H,36,40)(H,37,41)(H,38,39). The Kier molecular flexibility index (Phi) is 8.82. The van der Waals surface area contributed by atoms with Crippen molar-refractivity contribution in [3.63, 3.8) is 0 Å². The van der Waals surface area contributed by atoms with E-state index in [-0.39, 0.29) is 30.5 Å². The maximum absolute atomic E-state index is 14.3. The van der Waals surface area contributed by atoms with E-state index in [0.717, 1.165) is 17.7 Å². The lowest BCUT2D eigenvalue weighted by atomic mass is 9.84. The Morgan fingerprint density at radius 3 is 2.19 bits per heavy atom. The average Bonchev–Trinajstić information content (AvgIpc) is 2.91. The van der Waals surface area contributed by atoms with Crippen molar-refractivity contribution >= 4 is 23.5 Å². The lowest BCUT2D eigenvalue weighted by Crippen LogP contribution is -2.41. The van der Waals surface area contributed by atoms with Crippen LogP contribution in [0.3, 0.4) is 0 Å². The van der Waals surface area contributed by atoms with Gasteiger partial charge >= 0.3 is 18.4 Å². The molecule has 0 aromatic heterocycles. The van der Waals surface area contributed by atoms with Crippen LogP contribution in [0, 0.1) is 0 Å². The van der Waals surface area contributed by atoms with E-state index >= 15 is 0 Å². The molecule has 8 nitrogen and oxygen atoms in total. The number of hydrogen-bond donors (Lipinski definition) is 3. The third-order valence-corrected chi connectivity index (χ3v) is 6.81. The fourth-order valence-corrected chi connectivity index (χ4v) is 4.50. The summed E-state index contributed by atoms with van der Waals surface area (Å²) < 4.78 is 63.1. The molecule has 228 valence electrons.